The highest BCUT2D eigenvalue weighted by molar-refractivity contribution is 6.31. The highest BCUT2D eigenvalue weighted by Crippen LogP contribution is 2.33. The Morgan fingerprint density at radius 1 is 0.957 bits per heavy atom. The molecule has 0 atom stereocenters. The minimum Gasteiger partial charge on any atom is -0.490 e. The highest BCUT2D eigenvalue weighted by Gasteiger charge is 2.36. The Labute approximate surface area is 283 Å². The van der Waals surface area contributed by atoms with Gasteiger partial charge in [0, 0.05) is 37.2 Å². The molecule has 2 amide bonds. The number of nitrogens with zero attached hydrogens (tertiary/aromatic N) is 5. The van der Waals surface area contributed by atoms with Gasteiger partial charge in [-0.25, -0.2) is 9.78 Å². The van der Waals surface area contributed by atoms with E-state index in [9.17, 15) is 9.59 Å². The third-order valence-electron chi connectivity index (χ3n) is 9.80. The van der Waals surface area contributed by atoms with Crippen LogP contribution in [0.4, 0.5) is 4.79 Å². The molecule has 248 valence electrons. The summed E-state index contributed by atoms with van der Waals surface area (Å²) in [5, 5.41) is 9.49. The fourth-order valence-electron chi connectivity index (χ4n) is 7.22. The molecule has 3 aliphatic heterocycles. The van der Waals surface area contributed by atoms with Gasteiger partial charge in [-0.3, -0.25) is 4.79 Å². The first kappa shape index (κ1) is 33.1. The smallest absolute Gasteiger partial charge is 0.410 e. The summed E-state index contributed by atoms with van der Waals surface area (Å²) in [6, 6.07) is 11.7. The fourth-order valence-corrected chi connectivity index (χ4v) is 7.43. The van der Waals surface area contributed by atoms with E-state index in [1.54, 1.807) is 18.2 Å². The summed E-state index contributed by atoms with van der Waals surface area (Å²) in [5.74, 6) is 7.84. The van der Waals surface area contributed by atoms with Crippen molar-refractivity contribution in [3.63, 3.8) is 0 Å². The molecule has 2 aromatic rings. The molecule has 0 spiro atoms. The summed E-state index contributed by atoms with van der Waals surface area (Å²) in [5.41, 5.74) is 2.21. The zero-order valence-corrected chi connectivity index (χ0v) is 28.4. The molecule has 2 saturated heterocycles. The van der Waals surface area contributed by atoms with Gasteiger partial charge in [0.2, 0.25) is 0 Å². The second-order valence-corrected chi connectivity index (χ2v) is 14.6. The number of rotatable bonds is 4. The number of ether oxygens (including phenoxy) is 2. The van der Waals surface area contributed by atoms with Crippen LogP contribution in [-0.2, 0) is 11.3 Å². The van der Waals surface area contributed by atoms with Crippen LogP contribution in [0, 0.1) is 29.1 Å². The SMILES string of the molecule is CC(C)(C)OC(=O)N1CCC(N2CCC(C#Cc3ccc4c(n3)CN([C@H]3CC[C@H](Oc5ccc(C#N)c(Cl)c5)CC3)C4=O)CC2)CC1. The molecule has 6 rings (SSSR count). The monoisotopic (exact) mass is 657 g/mol. The Morgan fingerprint density at radius 3 is 2.34 bits per heavy atom. The Balaban J connectivity index is 0.956. The van der Waals surface area contributed by atoms with Gasteiger partial charge in [0.1, 0.15) is 23.1 Å². The molecule has 3 fully saturated rings. The van der Waals surface area contributed by atoms with Gasteiger partial charge in [-0.2, -0.15) is 5.26 Å². The number of hydrogen-bond donors (Lipinski definition) is 0. The van der Waals surface area contributed by atoms with E-state index in [0.717, 1.165) is 88.9 Å². The lowest BCUT2D eigenvalue weighted by Gasteiger charge is -2.41. The number of piperidine rings is 2. The number of nitriles is 1. The average molecular weight is 658 g/mol. The van der Waals surface area contributed by atoms with Crippen LogP contribution in [0.3, 0.4) is 0 Å². The molecular formula is C37H44ClN5O4. The van der Waals surface area contributed by atoms with Crippen LogP contribution in [-0.4, -0.2) is 81.7 Å². The van der Waals surface area contributed by atoms with Crippen LogP contribution < -0.4 is 4.74 Å². The van der Waals surface area contributed by atoms with Crippen LogP contribution in [0.1, 0.15) is 99.4 Å². The quantitative estimate of drug-likeness (QED) is 0.350. The van der Waals surface area contributed by atoms with E-state index >= 15 is 0 Å². The number of hydrogen-bond acceptors (Lipinski definition) is 7. The molecule has 0 radical (unpaired) electrons. The number of carbonyl (C=O) groups excluding carboxylic acids is 2. The molecule has 1 aromatic heterocycles. The molecule has 1 aromatic carbocycles. The molecule has 1 saturated carbocycles. The standard InChI is InChI=1S/C37H44ClN5O4/c1-37(2,3)47-36(45)42-20-16-28(17-21-42)41-18-14-25(15-19-41)4-6-27-7-13-32-34(40-27)24-43(35(32)44)29-8-11-30(12-9-29)46-31-10-5-26(23-39)33(38)22-31/h5,7,10,13,22,25,28-30H,8-9,11-12,14-21,24H2,1-3H3/t29-,30-. The van der Waals surface area contributed by atoms with E-state index in [-0.39, 0.29) is 24.1 Å². The van der Waals surface area contributed by atoms with Crippen LogP contribution in [0.15, 0.2) is 30.3 Å². The number of likely N-dealkylation sites (tertiary alicyclic amines) is 2. The van der Waals surface area contributed by atoms with Gasteiger partial charge in [-0.1, -0.05) is 17.5 Å². The van der Waals surface area contributed by atoms with E-state index < -0.39 is 5.60 Å². The molecule has 4 aliphatic rings. The van der Waals surface area contributed by atoms with Crippen molar-refractivity contribution in [2.45, 2.75) is 102 Å². The lowest BCUT2D eigenvalue weighted by molar-refractivity contribution is 0.0125. The van der Waals surface area contributed by atoms with Gasteiger partial charge in [0.25, 0.3) is 5.91 Å². The maximum atomic E-state index is 13.3. The molecule has 10 heteroatoms. The molecule has 4 heterocycles. The van der Waals surface area contributed by atoms with Gasteiger partial charge in [0.05, 0.1) is 34.5 Å². The largest absolute Gasteiger partial charge is 0.490 e. The number of halogens is 1. The molecule has 9 nitrogen and oxygen atoms in total. The van der Waals surface area contributed by atoms with E-state index in [0.29, 0.717) is 40.4 Å². The van der Waals surface area contributed by atoms with E-state index in [1.165, 1.54) is 0 Å². The summed E-state index contributed by atoms with van der Waals surface area (Å²) in [6.07, 6.45) is 7.28. The van der Waals surface area contributed by atoms with Crippen molar-refractivity contribution in [3.05, 3.63) is 57.9 Å². The summed E-state index contributed by atoms with van der Waals surface area (Å²) < 4.78 is 11.7. The predicted octanol–water partition coefficient (Wildman–Crippen LogP) is 6.42. The second kappa shape index (κ2) is 14.1. The number of carbonyl (C=O) groups is 2. The number of pyridine rings is 1. The lowest BCUT2D eigenvalue weighted by Crippen LogP contribution is -2.49. The van der Waals surface area contributed by atoms with Crippen LogP contribution >= 0.6 is 11.6 Å². The second-order valence-electron chi connectivity index (χ2n) is 14.2. The normalized spacial score (nSPS) is 22.7. The Bertz CT molecular complexity index is 1580. The van der Waals surface area contributed by atoms with Crippen molar-refractivity contribution in [3.8, 4) is 23.7 Å². The first-order valence-corrected chi connectivity index (χ1v) is 17.3. The maximum absolute atomic E-state index is 13.3. The first-order chi connectivity index (χ1) is 22.6. The van der Waals surface area contributed by atoms with Crippen molar-refractivity contribution in [2.75, 3.05) is 26.2 Å². The van der Waals surface area contributed by atoms with Crippen molar-refractivity contribution in [2.24, 2.45) is 5.92 Å². The molecule has 1 aliphatic carbocycles. The predicted molar refractivity (Wildman–Crippen MR) is 179 cm³/mol. The van der Waals surface area contributed by atoms with Crippen molar-refractivity contribution < 1.29 is 19.1 Å². The summed E-state index contributed by atoms with van der Waals surface area (Å²) in [4.78, 5) is 36.9. The van der Waals surface area contributed by atoms with E-state index in [1.807, 2.05) is 42.7 Å². The van der Waals surface area contributed by atoms with Gasteiger partial charge in [-0.05, 0) is 115 Å². The number of fused-ring (bicyclic) bond motifs is 1. The Morgan fingerprint density at radius 2 is 1.68 bits per heavy atom. The molecule has 0 N–H and O–H groups in total. The number of amides is 2. The molecule has 0 bridgehead atoms. The van der Waals surface area contributed by atoms with Crippen LogP contribution in [0.25, 0.3) is 0 Å². The van der Waals surface area contributed by atoms with Crippen molar-refractivity contribution in [1.29, 1.82) is 5.26 Å². The summed E-state index contributed by atoms with van der Waals surface area (Å²) >= 11 is 6.17. The maximum Gasteiger partial charge on any atom is 0.410 e. The third kappa shape index (κ3) is 8.03. The Kier molecular flexibility index (Phi) is 9.96. The van der Waals surface area contributed by atoms with Gasteiger partial charge < -0.3 is 24.2 Å². The highest BCUT2D eigenvalue weighted by atomic mass is 35.5. The van der Waals surface area contributed by atoms with E-state index in [4.69, 9.17) is 31.3 Å². The van der Waals surface area contributed by atoms with Crippen LogP contribution in [0.2, 0.25) is 5.02 Å². The number of aromatic nitrogens is 1. The van der Waals surface area contributed by atoms with Crippen molar-refractivity contribution >= 4 is 23.6 Å². The lowest BCUT2D eigenvalue weighted by atomic mass is 9.92. The van der Waals surface area contributed by atoms with Crippen molar-refractivity contribution in [1.82, 2.24) is 19.7 Å². The zero-order valence-electron chi connectivity index (χ0n) is 27.6. The Hall–Kier alpha value is -3.79. The zero-order chi connectivity index (χ0) is 33.1. The topological polar surface area (TPSA) is 99.0 Å². The fraction of sp³-hybridized carbons (Fsp3) is 0.568. The molecular weight excluding hydrogens is 614 g/mol. The van der Waals surface area contributed by atoms with Gasteiger partial charge >= 0.3 is 6.09 Å². The summed E-state index contributed by atoms with van der Waals surface area (Å²) in [7, 11) is 0. The molecule has 0 unspecified atom stereocenters. The minimum atomic E-state index is -0.466. The van der Waals surface area contributed by atoms with Gasteiger partial charge in [0.15, 0.2) is 0 Å². The van der Waals surface area contributed by atoms with Gasteiger partial charge in [-0.15, -0.1) is 0 Å². The summed E-state index contributed by atoms with van der Waals surface area (Å²) in [6.45, 7) is 9.77. The third-order valence-corrected chi connectivity index (χ3v) is 10.1. The minimum absolute atomic E-state index is 0.0550. The van der Waals surface area contributed by atoms with E-state index in [2.05, 4.69) is 22.8 Å². The molecule has 47 heavy (non-hydrogen) atoms. The first-order valence-electron chi connectivity index (χ1n) is 17.0. The van der Waals surface area contributed by atoms with Crippen LogP contribution in [0.5, 0.6) is 5.75 Å². The average Bonchev–Trinajstić information content (AvgIpc) is 3.39. The number of benzene rings is 1.